The fourth-order valence-electron chi connectivity index (χ4n) is 3.50. The first-order valence-electron chi connectivity index (χ1n) is 8.43. The van der Waals surface area contributed by atoms with Crippen LogP contribution in [0.2, 0.25) is 5.02 Å². The van der Waals surface area contributed by atoms with Crippen molar-refractivity contribution in [3.63, 3.8) is 0 Å². The molecule has 0 radical (unpaired) electrons. The molecule has 0 aliphatic carbocycles. The van der Waals surface area contributed by atoms with Crippen LogP contribution in [0.4, 0.5) is 11.4 Å². The largest absolute Gasteiger partial charge is 0.369 e. The van der Waals surface area contributed by atoms with Crippen LogP contribution in [-0.2, 0) is 16.4 Å². The third-order valence-corrected chi connectivity index (χ3v) is 7.12. The Bertz CT molecular complexity index is 895. The maximum Gasteiger partial charge on any atom is 0.265 e. The van der Waals surface area contributed by atoms with E-state index in [9.17, 15) is 8.42 Å². The third-order valence-electron chi connectivity index (χ3n) is 4.80. The lowest BCUT2D eigenvalue weighted by atomic mass is 10.1. The van der Waals surface area contributed by atoms with Crippen LogP contribution < -0.4 is 14.5 Å². The third kappa shape index (κ3) is 2.99. The second-order valence-electron chi connectivity index (χ2n) is 6.31. The van der Waals surface area contributed by atoms with E-state index in [4.69, 9.17) is 11.6 Å². The predicted octanol–water partition coefficient (Wildman–Crippen LogP) is 2.50. The number of halogens is 1. The molecule has 2 aliphatic heterocycles. The molecule has 0 amide bonds. The number of piperazine rings is 1. The number of hydrogen-bond acceptors (Lipinski definition) is 4. The number of hydrogen-bond donors (Lipinski definition) is 1. The molecule has 0 spiro atoms. The molecule has 5 nitrogen and oxygen atoms in total. The minimum absolute atomic E-state index is 0.163. The van der Waals surface area contributed by atoms with Crippen LogP contribution in [-0.4, -0.2) is 41.1 Å². The van der Waals surface area contributed by atoms with Crippen LogP contribution in [0.1, 0.15) is 5.56 Å². The van der Waals surface area contributed by atoms with Crippen LogP contribution in [0.15, 0.2) is 47.4 Å². The summed E-state index contributed by atoms with van der Waals surface area (Å²) in [5, 5.41) is 3.60. The van der Waals surface area contributed by atoms with Gasteiger partial charge in [0.2, 0.25) is 0 Å². The van der Waals surface area contributed by atoms with Crippen molar-refractivity contribution < 1.29 is 8.42 Å². The number of nitrogens with zero attached hydrogens (tertiary/aromatic N) is 2. The van der Waals surface area contributed by atoms with Gasteiger partial charge in [-0.05, 0) is 42.3 Å². The summed E-state index contributed by atoms with van der Waals surface area (Å²) < 4.78 is 27.5. The summed E-state index contributed by atoms with van der Waals surface area (Å²) in [5.74, 6) is 0. The van der Waals surface area contributed by atoms with Gasteiger partial charge in [0.15, 0.2) is 0 Å². The van der Waals surface area contributed by atoms with Gasteiger partial charge < -0.3 is 10.2 Å². The Labute approximate surface area is 153 Å². The molecule has 0 unspecified atom stereocenters. The average molecular weight is 378 g/mol. The molecular formula is C18H20ClN3O2S. The molecule has 1 saturated heterocycles. The van der Waals surface area contributed by atoms with Gasteiger partial charge in [-0.15, -0.1) is 0 Å². The molecule has 0 aromatic heterocycles. The smallest absolute Gasteiger partial charge is 0.265 e. The van der Waals surface area contributed by atoms with E-state index in [2.05, 4.69) is 16.3 Å². The molecule has 0 saturated carbocycles. The molecule has 132 valence electrons. The van der Waals surface area contributed by atoms with Crippen molar-refractivity contribution in [3.8, 4) is 0 Å². The Hall–Kier alpha value is -1.76. The van der Waals surface area contributed by atoms with Gasteiger partial charge in [-0.25, -0.2) is 8.42 Å². The predicted molar refractivity (Wildman–Crippen MR) is 101 cm³/mol. The number of nitrogens with one attached hydrogen (secondary N) is 1. The van der Waals surface area contributed by atoms with Gasteiger partial charge in [-0.1, -0.05) is 23.7 Å². The quantitative estimate of drug-likeness (QED) is 0.893. The Morgan fingerprint density at radius 1 is 1.00 bits per heavy atom. The molecule has 1 fully saturated rings. The van der Waals surface area contributed by atoms with E-state index >= 15 is 0 Å². The first-order valence-corrected chi connectivity index (χ1v) is 10.2. The Morgan fingerprint density at radius 2 is 1.76 bits per heavy atom. The zero-order chi connectivity index (χ0) is 17.4. The van der Waals surface area contributed by atoms with Crippen LogP contribution in [0, 0.1) is 0 Å². The highest BCUT2D eigenvalue weighted by Crippen LogP contribution is 2.36. The van der Waals surface area contributed by atoms with Gasteiger partial charge >= 0.3 is 0 Å². The van der Waals surface area contributed by atoms with E-state index in [1.165, 1.54) is 4.31 Å². The molecule has 0 atom stereocenters. The minimum Gasteiger partial charge on any atom is -0.369 e. The molecule has 0 bridgehead atoms. The van der Waals surface area contributed by atoms with Gasteiger partial charge in [0.25, 0.3) is 10.0 Å². The van der Waals surface area contributed by atoms with Crippen molar-refractivity contribution in [1.82, 2.24) is 5.32 Å². The summed E-state index contributed by atoms with van der Waals surface area (Å²) in [4.78, 5) is 2.50. The van der Waals surface area contributed by atoms with E-state index in [1.54, 1.807) is 24.3 Å². The number of benzene rings is 2. The fourth-order valence-corrected chi connectivity index (χ4v) is 5.50. The summed E-state index contributed by atoms with van der Waals surface area (Å²) in [7, 11) is -3.64. The summed E-state index contributed by atoms with van der Waals surface area (Å²) in [6, 6.07) is 12.7. The lowest BCUT2D eigenvalue weighted by molar-refractivity contribution is 0.589. The maximum absolute atomic E-state index is 13.0. The number of rotatable bonds is 3. The van der Waals surface area contributed by atoms with Crippen molar-refractivity contribution in [2.75, 3.05) is 41.9 Å². The lowest BCUT2D eigenvalue weighted by Gasteiger charge is -2.30. The van der Waals surface area contributed by atoms with E-state index in [0.717, 1.165) is 49.5 Å². The monoisotopic (exact) mass is 377 g/mol. The summed E-state index contributed by atoms with van der Waals surface area (Å²) in [6.07, 6.45) is 0.721. The van der Waals surface area contributed by atoms with Gasteiger partial charge in [-0.3, -0.25) is 4.31 Å². The van der Waals surface area contributed by atoms with Crippen molar-refractivity contribution >= 4 is 33.0 Å². The highest BCUT2D eigenvalue weighted by atomic mass is 35.5. The number of sulfonamides is 1. The molecule has 1 N–H and O–H groups in total. The van der Waals surface area contributed by atoms with Crippen molar-refractivity contribution in [1.29, 1.82) is 0 Å². The first kappa shape index (κ1) is 16.7. The van der Waals surface area contributed by atoms with E-state index in [0.29, 0.717) is 6.54 Å². The molecule has 2 heterocycles. The lowest BCUT2D eigenvalue weighted by Crippen LogP contribution is -2.43. The molecule has 2 aliphatic rings. The molecule has 7 heteroatoms. The van der Waals surface area contributed by atoms with Crippen molar-refractivity contribution in [2.45, 2.75) is 11.3 Å². The molecular weight excluding hydrogens is 358 g/mol. The topological polar surface area (TPSA) is 52.7 Å². The maximum atomic E-state index is 13.0. The van der Waals surface area contributed by atoms with Crippen LogP contribution >= 0.6 is 11.6 Å². The Morgan fingerprint density at radius 3 is 2.52 bits per heavy atom. The standard InChI is InChI=1S/C18H20ClN3O2S/c19-16-3-1-2-4-18(16)25(23,24)22-10-7-14-13-15(5-6-17(14)22)21-11-8-20-9-12-21/h1-6,13,20H,7-12H2. The SMILES string of the molecule is O=S(=O)(c1ccccc1Cl)N1CCc2cc(N3CCNCC3)ccc21. The molecule has 2 aromatic carbocycles. The zero-order valence-corrected chi connectivity index (χ0v) is 15.4. The number of fused-ring (bicyclic) bond motifs is 1. The minimum atomic E-state index is -3.64. The van der Waals surface area contributed by atoms with Crippen LogP contribution in [0.3, 0.4) is 0 Å². The Balaban J connectivity index is 1.67. The van der Waals surface area contributed by atoms with E-state index < -0.39 is 10.0 Å². The highest BCUT2D eigenvalue weighted by molar-refractivity contribution is 7.93. The van der Waals surface area contributed by atoms with Crippen LogP contribution in [0.25, 0.3) is 0 Å². The van der Waals surface area contributed by atoms with Gasteiger partial charge in [0, 0.05) is 38.4 Å². The normalized spacial score (nSPS) is 17.6. The molecule has 25 heavy (non-hydrogen) atoms. The van der Waals surface area contributed by atoms with Gasteiger partial charge in [-0.2, -0.15) is 0 Å². The highest BCUT2D eigenvalue weighted by Gasteiger charge is 2.32. The first-order chi connectivity index (χ1) is 12.1. The Kier molecular flexibility index (Phi) is 4.35. The summed E-state index contributed by atoms with van der Waals surface area (Å²) in [6.45, 7) is 4.35. The van der Waals surface area contributed by atoms with Crippen LogP contribution in [0.5, 0.6) is 0 Å². The van der Waals surface area contributed by atoms with E-state index in [-0.39, 0.29) is 9.92 Å². The molecule has 2 aromatic rings. The molecule has 4 rings (SSSR count). The fraction of sp³-hybridized carbons (Fsp3) is 0.333. The second-order valence-corrected chi connectivity index (χ2v) is 8.55. The van der Waals surface area contributed by atoms with E-state index in [1.807, 2.05) is 12.1 Å². The number of anilines is 2. The zero-order valence-electron chi connectivity index (χ0n) is 13.8. The van der Waals surface area contributed by atoms with Gasteiger partial charge in [0.1, 0.15) is 4.90 Å². The van der Waals surface area contributed by atoms with Crippen molar-refractivity contribution in [2.24, 2.45) is 0 Å². The van der Waals surface area contributed by atoms with Crippen molar-refractivity contribution in [3.05, 3.63) is 53.1 Å². The summed E-state index contributed by atoms with van der Waals surface area (Å²) >= 11 is 6.12. The summed E-state index contributed by atoms with van der Waals surface area (Å²) in [5.41, 5.74) is 3.00. The average Bonchev–Trinajstić information content (AvgIpc) is 3.06. The van der Waals surface area contributed by atoms with Gasteiger partial charge in [0.05, 0.1) is 10.7 Å². The second kappa shape index (κ2) is 6.52.